The molecule has 0 saturated carbocycles. The van der Waals surface area contributed by atoms with Gasteiger partial charge >= 0.3 is 6.03 Å². The van der Waals surface area contributed by atoms with Crippen LogP contribution in [0, 0.1) is 5.92 Å². The highest BCUT2D eigenvalue weighted by atomic mass is 16.2. The number of rotatable bonds is 5. The highest BCUT2D eigenvalue weighted by molar-refractivity contribution is 5.73. The molecule has 1 saturated heterocycles. The Morgan fingerprint density at radius 1 is 1.50 bits per heavy atom. The van der Waals surface area contributed by atoms with Gasteiger partial charge in [0.25, 0.3) is 0 Å². The van der Waals surface area contributed by atoms with Gasteiger partial charge in [0.2, 0.25) is 0 Å². The van der Waals surface area contributed by atoms with Gasteiger partial charge in [-0.1, -0.05) is 0 Å². The van der Waals surface area contributed by atoms with Crippen molar-refractivity contribution in [2.45, 2.75) is 26.2 Å². The lowest BCUT2D eigenvalue weighted by molar-refractivity contribution is 0.241. The lowest BCUT2D eigenvalue weighted by atomic mass is 10.0. The van der Waals surface area contributed by atoms with Crippen LogP contribution in [0.25, 0.3) is 0 Å². The summed E-state index contributed by atoms with van der Waals surface area (Å²) in [6.45, 7) is 5.72. The number of urea groups is 1. The summed E-state index contributed by atoms with van der Waals surface area (Å²) in [7, 11) is 0. The fourth-order valence-corrected chi connectivity index (χ4v) is 1.78. The molecule has 1 rings (SSSR count). The molecular weight excluding hydrogens is 178 g/mol. The Kier molecular flexibility index (Phi) is 5.37. The Hall–Kier alpha value is -0.770. The van der Waals surface area contributed by atoms with Crippen molar-refractivity contribution in [3.63, 3.8) is 0 Å². The number of carbonyl (C=O) groups excluding carboxylic acids is 1. The zero-order valence-corrected chi connectivity index (χ0v) is 8.94. The van der Waals surface area contributed by atoms with E-state index in [0.29, 0.717) is 6.54 Å². The Morgan fingerprint density at radius 3 is 3.00 bits per heavy atom. The van der Waals surface area contributed by atoms with E-state index in [4.69, 9.17) is 0 Å². The van der Waals surface area contributed by atoms with Crippen LogP contribution < -0.4 is 16.0 Å². The monoisotopic (exact) mass is 199 g/mol. The number of carbonyl (C=O) groups is 1. The topological polar surface area (TPSA) is 53.2 Å². The third kappa shape index (κ3) is 4.46. The first-order valence-corrected chi connectivity index (χ1v) is 5.55. The van der Waals surface area contributed by atoms with Crippen LogP contribution in [-0.2, 0) is 0 Å². The molecule has 1 aliphatic rings. The van der Waals surface area contributed by atoms with Gasteiger partial charge in [0.1, 0.15) is 0 Å². The first kappa shape index (κ1) is 11.3. The molecule has 0 spiro atoms. The van der Waals surface area contributed by atoms with Crippen molar-refractivity contribution in [1.29, 1.82) is 0 Å². The van der Waals surface area contributed by atoms with Gasteiger partial charge < -0.3 is 16.0 Å². The second-order valence-corrected chi connectivity index (χ2v) is 3.79. The average molecular weight is 199 g/mol. The predicted molar refractivity (Wildman–Crippen MR) is 57.3 cm³/mol. The van der Waals surface area contributed by atoms with Gasteiger partial charge in [-0.3, -0.25) is 0 Å². The molecular formula is C10H21N3O. The Bertz CT molecular complexity index is 167. The van der Waals surface area contributed by atoms with Crippen LogP contribution in [-0.4, -0.2) is 32.2 Å². The molecule has 1 unspecified atom stereocenters. The van der Waals surface area contributed by atoms with Crippen molar-refractivity contribution < 1.29 is 4.79 Å². The van der Waals surface area contributed by atoms with Crippen LogP contribution in [0.3, 0.4) is 0 Å². The van der Waals surface area contributed by atoms with Crippen LogP contribution in [0.1, 0.15) is 26.2 Å². The van der Waals surface area contributed by atoms with E-state index in [2.05, 4.69) is 16.0 Å². The molecule has 0 radical (unpaired) electrons. The highest BCUT2D eigenvalue weighted by Gasteiger charge is 2.13. The fraction of sp³-hybridized carbons (Fsp3) is 0.900. The Balaban J connectivity index is 1.90. The molecule has 1 atom stereocenters. The molecule has 4 nitrogen and oxygen atoms in total. The summed E-state index contributed by atoms with van der Waals surface area (Å²) in [5.74, 6) is 0.825. The maximum absolute atomic E-state index is 11.0. The van der Waals surface area contributed by atoms with Crippen molar-refractivity contribution in [2.75, 3.05) is 26.2 Å². The molecule has 3 N–H and O–H groups in total. The third-order valence-corrected chi connectivity index (χ3v) is 2.57. The smallest absolute Gasteiger partial charge is 0.314 e. The molecule has 0 aliphatic carbocycles. The van der Waals surface area contributed by atoms with Crippen molar-refractivity contribution in [3.05, 3.63) is 0 Å². The molecule has 2 amide bonds. The zero-order chi connectivity index (χ0) is 10.2. The lowest BCUT2D eigenvalue weighted by Crippen LogP contribution is -2.35. The molecule has 4 heteroatoms. The summed E-state index contributed by atoms with van der Waals surface area (Å²) in [6.07, 6.45) is 3.60. The molecule has 0 aromatic rings. The molecule has 82 valence electrons. The Morgan fingerprint density at radius 2 is 2.36 bits per heavy atom. The fourth-order valence-electron chi connectivity index (χ4n) is 1.78. The molecule has 1 aliphatic heterocycles. The largest absolute Gasteiger partial charge is 0.338 e. The van der Waals surface area contributed by atoms with Crippen LogP contribution in [0.2, 0.25) is 0 Å². The van der Waals surface area contributed by atoms with E-state index in [1.165, 1.54) is 12.8 Å². The van der Waals surface area contributed by atoms with Gasteiger partial charge in [0.05, 0.1) is 0 Å². The summed E-state index contributed by atoms with van der Waals surface area (Å²) in [5, 5.41) is 8.89. The summed E-state index contributed by atoms with van der Waals surface area (Å²) in [4.78, 5) is 11.0. The van der Waals surface area contributed by atoms with Gasteiger partial charge in [-0.15, -0.1) is 0 Å². The summed E-state index contributed by atoms with van der Waals surface area (Å²) in [5.41, 5.74) is 0. The van der Waals surface area contributed by atoms with Gasteiger partial charge in [-0.05, 0) is 45.2 Å². The number of amides is 2. The van der Waals surface area contributed by atoms with Crippen molar-refractivity contribution in [3.8, 4) is 0 Å². The van der Waals surface area contributed by atoms with Crippen molar-refractivity contribution in [1.82, 2.24) is 16.0 Å². The molecule has 0 bridgehead atoms. The van der Waals surface area contributed by atoms with E-state index in [0.717, 1.165) is 32.0 Å². The molecule has 1 fully saturated rings. The Labute approximate surface area is 85.8 Å². The zero-order valence-electron chi connectivity index (χ0n) is 8.94. The van der Waals surface area contributed by atoms with Gasteiger partial charge in [0, 0.05) is 13.1 Å². The third-order valence-electron chi connectivity index (χ3n) is 2.57. The van der Waals surface area contributed by atoms with Crippen LogP contribution in [0.4, 0.5) is 4.79 Å². The predicted octanol–water partition coefficient (Wildman–Crippen LogP) is 0.695. The van der Waals surface area contributed by atoms with Crippen LogP contribution >= 0.6 is 0 Å². The second-order valence-electron chi connectivity index (χ2n) is 3.79. The van der Waals surface area contributed by atoms with E-state index >= 15 is 0 Å². The average Bonchev–Trinajstić information content (AvgIpc) is 2.65. The molecule has 1 heterocycles. The molecule has 14 heavy (non-hydrogen) atoms. The maximum Gasteiger partial charge on any atom is 0.314 e. The summed E-state index contributed by atoms with van der Waals surface area (Å²) in [6, 6.07) is -0.0444. The second kappa shape index (κ2) is 6.65. The van der Waals surface area contributed by atoms with Crippen molar-refractivity contribution in [2.24, 2.45) is 5.92 Å². The maximum atomic E-state index is 11.0. The number of nitrogens with one attached hydrogen (secondary N) is 3. The lowest BCUT2D eigenvalue weighted by Gasteiger charge is -2.08. The van der Waals surface area contributed by atoms with Gasteiger partial charge in [-0.2, -0.15) is 0 Å². The number of hydrogen-bond donors (Lipinski definition) is 3. The standard InChI is InChI=1S/C10H21N3O/c1-2-12-10(14)13-6-3-4-9-5-7-11-8-9/h9,11H,2-8H2,1H3,(H2,12,13,14). The van der Waals surface area contributed by atoms with E-state index in [1.807, 2.05) is 6.92 Å². The molecule has 0 aromatic heterocycles. The van der Waals surface area contributed by atoms with E-state index in [9.17, 15) is 4.79 Å². The quantitative estimate of drug-likeness (QED) is 0.571. The minimum Gasteiger partial charge on any atom is -0.338 e. The van der Waals surface area contributed by atoms with Crippen LogP contribution in [0.15, 0.2) is 0 Å². The van der Waals surface area contributed by atoms with Crippen molar-refractivity contribution >= 4 is 6.03 Å². The first-order valence-electron chi connectivity index (χ1n) is 5.55. The van der Waals surface area contributed by atoms with Gasteiger partial charge in [0.15, 0.2) is 0 Å². The SMILES string of the molecule is CCNC(=O)NCCCC1CCNC1. The normalized spacial score (nSPS) is 20.8. The first-order chi connectivity index (χ1) is 6.83. The van der Waals surface area contributed by atoms with E-state index in [-0.39, 0.29) is 6.03 Å². The van der Waals surface area contributed by atoms with Gasteiger partial charge in [-0.25, -0.2) is 4.79 Å². The highest BCUT2D eigenvalue weighted by Crippen LogP contribution is 2.13. The minimum atomic E-state index is -0.0444. The number of hydrogen-bond acceptors (Lipinski definition) is 2. The van der Waals surface area contributed by atoms with E-state index in [1.54, 1.807) is 0 Å². The molecule has 0 aromatic carbocycles. The van der Waals surface area contributed by atoms with E-state index < -0.39 is 0 Å². The summed E-state index contributed by atoms with van der Waals surface area (Å²) < 4.78 is 0. The van der Waals surface area contributed by atoms with Crippen LogP contribution in [0.5, 0.6) is 0 Å². The summed E-state index contributed by atoms with van der Waals surface area (Å²) >= 11 is 0. The minimum absolute atomic E-state index is 0.0444.